The lowest BCUT2D eigenvalue weighted by molar-refractivity contribution is 0.101. The van der Waals surface area contributed by atoms with Crippen molar-refractivity contribution in [3.8, 4) is 0 Å². The van der Waals surface area contributed by atoms with E-state index in [-0.39, 0.29) is 11.2 Å². The third kappa shape index (κ3) is 8.05. The van der Waals surface area contributed by atoms with Crippen LogP contribution in [0.4, 0.5) is 0 Å². The van der Waals surface area contributed by atoms with Gasteiger partial charge in [0, 0.05) is 5.56 Å². The first kappa shape index (κ1) is 19.2. The van der Waals surface area contributed by atoms with Crippen LogP contribution in [0.25, 0.3) is 0 Å². The third-order valence-electron chi connectivity index (χ3n) is 2.16. The third-order valence-corrected chi connectivity index (χ3v) is 2.16. The molecule has 1 nitrogen and oxygen atoms in total. The molecule has 0 aliphatic carbocycles. The second-order valence-corrected chi connectivity index (χ2v) is 5.09. The summed E-state index contributed by atoms with van der Waals surface area (Å²) < 4.78 is 0. The number of carbonyl (C=O) groups is 1. The van der Waals surface area contributed by atoms with E-state index in [2.05, 4.69) is 34.6 Å². The average Bonchev–Trinajstić information content (AvgIpc) is 2.32. The second-order valence-electron chi connectivity index (χ2n) is 5.09. The van der Waals surface area contributed by atoms with Gasteiger partial charge in [-0.05, 0) is 17.9 Å². The molecule has 0 heterocycles. The lowest BCUT2D eigenvalue weighted by atomic mass is 9.86. The molecule has 0 amide bonds. The van der Waals surface area contributed by atoms with Crippen molar-refractivity contribution >= 4 is 5.78 Å². The number of ketones is 1. The molecule has 18 heavy (non-hydrogen) atoms. The van der Waals surface area contributed by atoms with Crippen molar-refractivity contribution in [2.45, 2.75) is 67.2 Å². The summed E-state index contributed by atoms with van der Waals surface area (Å²) in [6, 6.07) is 7.83. The Labute approximate surface area is 114 Å². The fraction of sp³-hybridized carbons (Fsp3) is 0.588. The van der Waals surface area contributed by atoms with Crippen LogP contribution in [0.1, 0.15) is 77.7 Å². The van der Waals surface area contributed by atoms with Crippen LogP contribution >= 0.6 is 0 Å². The highest BCUT2D eigenvalue weighted by atomic mass is 16.1. The Morgan fingerprint density at radius 2 is 1.33 bits per heavy atom. The maximum absolute atomic E-state index is 11.0. The van der Waals surface area contributed by atoms with E-state index in [9.17, 15) is 4.79 Å². The molecule has 0 bridgehead atoms. The minimum atomic E-state index is 0.125. The van der Waals surface area contributed by atoms with E-state index in [1.807, 2.05) is 38.1 Å². The van der Waals surface area contributed by atoms with Crippen LogP contribution in [-0.4, -0.2) is 5.78 Å². The second kappa shape index (κ2) is 9.87. The van der Waals surface area contributed by atoms with Gasteiger partial charge in [0.05, 0.1) is 0 Å². The summed E-state index contributed by atoms with van der Waals surface area (Å²) in [4.78, 5) is 11.0. The first-order valence-electron chi connectivity index (χ1n) is 6.94. The molecule has 0 saturated carbocycles. The maximum Gasteiger partial charge on any atom is 0.159 e. The number of Topliss-reactive ketones (excluding diaryl/α,β-unsaturated/α-hetero) is 1. The lowest BCUT2D eigenvalue weighted by Gasteiger charge is -2.18. The van der Waals surface area contributed by atoms with Gasteiger partial charge >= 0.3 is 0 Å². The van der Waals surface area contributed by atoms with Gasteiger partial charge < -0.3 is 0 Å². The van der Waals surface area contributed by atoms with Crippen LogP contribution in [0.15, 0.2) is 24.3 Å². The van der Waals surface area contributed by atoms with Crippen molar-refractivity contribution < 1.29 is 4.79 Å². The zero-order valence-electron chi connectivity index (χ0n) is 13.4. The Balaban J connectivity index is 0. The fourth-order valence-electron chi connectivity index (χ4n) is 1.20. The maximum atomic E-state index is 11.0. The van der Waals surface area contributed by atoms with Gasteiger partial charge in [0.25, 0.3) is 0 Å². The molecule has 104 valence electrons. The lowest BCUT2D eigenvalue weighted by Crippen LogP contribution is -2.10. The molecule has 0 unspecified atom stereocenters. The van der Waals surface area contributed by atoms with Crippen LogP contribution < -0.4 is 0 Å². The van der Waals surface area contributed by atoms with Gasteiger partial charge in [-0.3, -0.25) is 4.79 Å². The Bertz CT molecular complexity index is 314. The largest absolute Gasteiger partial charge is 0.295 e. The molecule has 1 rings (SSSR count). The van der Waals surface area contributed by atoms with Gasteiger partial charge in [-0.2, -0.15) is 0 Å². The zero-order chi connectivity index (χ0) is 14.8. The van der Waals surface area contributed by atoms with Gasteiger partial charge in [0.15, 0.2) is 5.78 Å². The number of carbonyl (C=O) groups excluding carboxylic acids is 1. The summed E-state index contributed by atoms with van der Waals surface area (Å²) in [6.07, 6.45) is 1.25. The van der Waals surface area contributed by atoms with Crippen molar-refractivity contribution in [3.63, 3.8) is 0 Å². The molecule has 0 saturated heterocycles. The minimum Gasteiger partial charge on any atom is -0.295 e. The molecule has 0 radical (unpaired) electrons. The monoisotopic (exact) mass is 250 g/mol. The van der Waals surface area contributed by atoms with E-state index in [4.69, 9.17) is 0 Å². The van der Waals surface area contributed by atoms with Gasteiger partial charge in [-0.15, -0.1) is 0 Å². The molecule has 1 aromatic rings. The predicted molar refractivity (Wildman–Crippen MR) is 82.5 cm³/mol. The molecular formula is C17H30O. The molecular weight excluding hydrogens is 220 g/mol. The van der Waals surface area contributed by atoms with Crippen LogP contribution in [-0.2, 0) is 5.41 Å². The van der Waals surface area contributed by atoms with Gasteiger partial charge in [0.1, 0.15) is 0 Å². The fourth-order valence-corrected chi connectivity index (χ4v) is 1.20. The molecule has 0 aliphatic rings. The molecule has 0 aliphatic heterocycles. The van der Waals surface area contributed by atoms with E-state index in [1.54, 1.807) is 6.92 Å². The van der Waals surface area contributed by atoms with Crippen molar-refractivity contribution in [2.75, 3.05) is 0 Å². The molecule has 1 aromatic carbocycles. The number of hydrogen-bond acceptors (Lipinski definition) is 1. The Morgan fingerprint density at radius 3 is 1.56 bits per heavy atom. The summed E-state index contributed by atoms with van der Waals surface area (Å²) >= 11 is 0. The molecule has 0 atom stereocenters. The van der Waals surface area contributed by atoms with Gasteiger partial charge in [-0.25, -0.2) is 0 Å². The molecule has 0 fully saturated rings. The van der Waals surface area contributed by atoms with Crippen molar-refractivity contribution in [2.24, 2.45) is 0 Å². The smallest absolute Gasteiger partial charge is 0.159 e. The highest BCUT2D eigenvalue weighted by molar-refractivity contribution is 5.94. The summed E-state index contributed by atoms with van der Waals surface area (Å²) in [6.45, 7) is 16.3. The Kier molecular flexibility index (Phi) is 10.6. The minimum absolute atomic E-state index is 0.125. The molecule has 0 spiro atoms. The Hall–Kier alpha value is -1.11. The highest BCUT2D eigenvalue weighted by Crippen LogP contribution is 2.22. The van der Waals surface area contributed by atoms with E-state index >= 15 is 0 Å². The quantitative estimate of drug-likeness (QED) is 0.590. The van der Waals surface area contributed by atoms with Crippen LogP contribution in [0.5, 0.6) is 0 Å². The average molecular weight is 250 g/mol. The number of hydrogen-bond donors (Lipinski definition) is 0. The summed E-state index contributed by atoms with van der Waals surface area (Å²) in [7, 11) is 0. The topological polar surface area (TPSA) is 17.1 Å². The zero-order valence-corrected chi connectivity index (χ0v) is 13.4. The van der Waals surface area contributed by atoms with Crippen molar-refractivity contribution in [1.29, 1.82) is 0 Å². The molecule has 0 N–H and O–H groups in total. The SMILES string of the molecule is CC.CC(=O)c1ccc(C(C)(C)C)cc1.CCC. The van der Waals surface area contributed by atoms with E-state index < -0.39 is 0 Å². The van der Waals surface area contributed by atoms with Crippen molar-refractivity contribution in [1.82, 2.24) is 0 Å². The first-order valence-corrected chi connectivity index (χ1v) is 6.94. The highest BCUT2D eigenvalue weighted by Gasteiger charge is 2.13. The summed E-state index contributed by atoms with van der Waals surface area (Å²) in [5.41, 5.74) is 2.21. The van der Waals surface area contributed by atoms with Gasteiger partial charge in [-0.1, -0.05) is 79.2 Å². The van der Waals surface area contributed by atoms with Crippen LogP contribution in [0.3, 0.4) is 0 Å². The number of benzene rings is 1. The predicted octanol–water partition coefficient (Wildman–Crippen LogP) is 5.63. The molecule has 1 heteroatoms. The first-order chi connectivity index (χ1) is 8.32. The normalized spacial score (nSPS) is 9.56. The standard InChI is InChI=1S/C12H16O.C3H8.C2H6/c1-9(13)10-5-7-11(8-6-10)12(2,3)4;1-3-2;1-2/h5-8H,1-4H3;3H2,1-2H3;1-2H3. The summed E-state index contributed by atoms with van der Waals surface area (Å²) in [5.74, 6) is 0.125. The number of rotatable bonds is 1. The van der Waals surface area contributed by atoms with E-state index in [1.165, 1.54) is 12.0 Å². The van der Waals surface area contributed by atoms with Crippen LogP contribution in [0, 0.1) is 0 Å². The van der Waals surface area contributed by atoms with E-state index in [0.29, 0.717) is 0 Å². The van der Waals surface area contributed by atoms with Crippen LogP contribution in [0.2, 0.25) is 0 Å². The molecule has 0 aromatic heterocycles. The van der Waals surface area contributed by atoms with E-state index in [0.717, 1.165) is 5.56 Å². The Morgan fingerprint density at radius 1 is 1.00 bits per heavy atom. The summed E-state index contributed by atoms with van der Waals surface area (Å²) in [5, 5.41) is 0. The van der Waals surface area contributed by atoms with Gasteiger partial charge in [0.2, 0.25) is 0 Å². The van der Waals surface area contributed by atoms with Crippen molar-refractivity contribution in [3.05, 3.63) is 35.4 Å².